The van der Waals surface area contributed by atoms with E-state index in [4.69, 9.17) is 0 Å². The van der Waals surface area contributed by atoms with Crippen molar-refractivity contribution in [3.8, 4) is 0 Å². The maximum absolute atomic E-state index is 12.3. The van der Waals surface area contributed by atoms with Crippen LogP contribution in [0.15, 0.2) is 34.4 Å². The van der Waals surface area contributed by atoms with Crippen LogP contribution < -0.4 is 11.2 Å². The van der Waals surface area contributed by atoms with E-state index < -0.39 is 0 Å². The minimum atomic E-state index is -0.279. The van der Waals surface area contributed by atoms with Crippen molar-refractivity contribution in [3.05, 3.63) is 51.3 Å². The van der Waals surface area contributed by atoms with Gasteiger partial charge in [0, 0.05) is 31.0 Å². The molecule has 0 saturated carbocycles. The highest BCUT2D eigenvalue weighted by Crippen LogP contribution is 2.08. The Morgan fingerprint density at radius 1 is 1.30 bits per heavy atom. The topological polar surface area (TPSA) is 61.8 Å². The molecule has 0 radical (unpaired) electrons. The molecule has 0 aliphatic carbocycles. The molecular formula is C14H20N4O2. The first kappa shape index (κ1) is 14.3. The van der Waals surface area contributed by atoms with E-state index in [9.17, 15) is 9.59 Å². The fourth-order valence-corrected chi connectivity index (χ4v) is 2.19. The van der Waals surface area contributed by atoms with Gasteiger partial charge in [0.25, 0.3) is 5.56 Å². The maximum atomic E-state index is 12.3. The van der Waals surface area contributed by atoms with E-state index in [0.717, 1.165) is 12.1 Å². The number of imidazole rings is 1. The maximum Gasteiger partial charge on any atom is 0.331 e. The zero-order valence-corrected chi connectivity index (χ0v) is 12.1. The van der Waals surface area contributed by atoms with Crippen molar-refractivity contribution < 1.29 is 0 Å². The normalized spacial score (nSPS) is 11.2. The first-order chi connectivity index (χ1) is 9.54. The highest BCUT2D eigenvalue weighted by atomic mass is 16.2. The first-order valence-corrected chi connectivity index (χ1v) is 6.85. The lowest BCUT2D eigenvalue weighted by atomic mass is 10.3. The summed E-state index contributed by atoms with van der Waals surface area (Å²) in [6, 6.07) is 1.68. The second-order valence-corrected chi connectivity index (χ2v) is 5.10. The van der Waals surface area contributed by atoms with Crippen LogP contribution in [0.2, 0.25) is 0 Å². The van der Waals surface area contributed by atoms with Gasteiger partial charge >= 0.3 is 5.69 Å². The average molecular weight is 276 g/mol. The highest BCUT2D eigenvalue weighted by molar-refractivity contribution is 5.02. The molecule has 0 spiro atoms. The van der Waals surface area contributed by atoms with Crippen LogP contribution in [-0.4, -0.2) is 18.7 Å². The molecule has 20 heavy (non-hydrogen) atoms. The van der Waals surface area contributed by atoms with Gasteiger partial charge in [-0.3, -0.25) is 9.36 Å². The summed E-state index contributed by atoms with van der Waals surface area (Å²) in [7, 11) is 0. The van der Waals surface area contributed by atoms with E-state index in [1.54, 1.807) is 23.3 Å². The number of hydrogen-bond acceptors (Lipinski definition) is 3. The summed E-state index contributed by atoms with van der Waals surface area (Å²) >= 11 is 0. The number of nitrogens with zero attached hydrogens (tertiary/aromatic N) is 4. The molecule has 0 atom stereocenters. The molecule has 0 aliphatic rings. The van der Waals surface area contributed by atoms with Crippen molar-refractivity contribution in [2.45, 2.75) is 46.3 Å². The van der Waals surface area contributed by atoms with Crippen LogP contribution in [0.4, 0.5) is 0 Å². The first-order valence-electron chi connectivity index (χ1n) is 6.85. The van der Waals surface area contributed by atoms with E-state index >= 15 is 0 Å². The fraction of sp³-hybridized carbons (Fsp3) is 0.500. The van der Waals surface area contributed by atoms with Gasteiger partial charge in [0.15, 0.2) is 0 Å². The third-order valence-corrected chi connectivity index (χ3v) is 3.23. The minimum Gasteiger partial charge on any atom is -0.330 e. The van der Waals surface area contributed by atoms with Crippen LogP contribution in [0, 0.1) is 0 Å². The summed E-state index contributed by atoms with van der Waals surface area (Å²) in [5, 5.41) is 0. The average Bonchev–Trinajstić information content (AvgIpc) is 2.86. The van der Waals surface area contributed by atoms with Crippen LogP contribution in [0.3, 0.4) is 0 Å². The molecule has 0 aliphatic heterocycles. The van der Waals surface area contributed by atoms with Crippen molar-refractivity contribution in [1.29, 1.82) is 0 Å². The third-order valence-electron chi connectivity index (χ3n) is 3.23. The third kappa shape index (κ3) is 2.74. The van der Waals surface area contributed by atoms with Gasteiger partial charge < -0.3 is 9.13 Å². The predicted molar refractivity (Wildman–Crippen MR) is 77.0 cm³/mol. The monoisotopic (exact) mass is 276 g/mol. The lowest BCUT2D eigenvalue weighted by molar-refractivity contribution is 0.529. The largest absolute Gasteiger partial charge is 0.331 e. The summed E-state index contributed by atoms with van der Waals surface area (Å²) in [5.41, 5.74) is 0.308. The summed E-state index contributed by atoms with van der Waals surface area (Å²) in [5.74, 6) is 0. The van der Waals surface area contributed by atoms with Gasteiger partial charge in [-0.15, -0.1) is 0 Å². The summed E-state index contributed by atoms with van der Waals surface area (Å²) < 4.78 is 4.78. The van der Waals surface area contributed by atoms with Gasteiger partial charge in [-0.25, -0.2) is 9.78 Å². The van der Waals surface area contributed by atoms with E-state index in [0.29, 0.717) is 6.54 Å². The molecule has 2 rings (SSSR count). The van der Waals surface area contributed by atoms with Crippen molar-refractivity contribution in [3.63, 3.8) is 0 Å². The van der Waals surface area contributed by atoms with Crippen LogP contribution in [0.5, 0.6) is 0 Å². The van der Waals surface area contributed by atoms with Gasteiger partial charge in [-0.05, 0) is 20.3 Å². The number of aromatic nitrogens is 4. The molecule has 0 N–H and O–H groups in total. The van der Waals surface area contributed by atoms with Gasteiger partial charge in [0.1, 0.15) is 0 Å². The molecule has 108 valence electrons. The van der Waals surface area contributed by atoms with Crippen LogP contribution >= 0.6 is 0 Å². The lowest BCUT2D eigenvalue weighted by Crippen LogP contribution is -2.39. The molecule has 0 unspecified atom stereocenters. The zero-order valence-electron chi connectivity index (χ0n) is 12.1. The lowest BCUT2D eigenvalue weighted by Gasteiger charge is -2.13. The van der Waals surface area contributed by atoms with Gasteiger partial charge in [0.2, 0.25) is 0 Å². The molecule has 6 heteroatoms. The summed E-state index contributed by atoms with van der Waals surface area (Å²) in [4.78, 5) is 28.3. The van der Waals surface area contributed by atoms with E-state index in [1.807, 2.05) is 25.3 Å². The van der Waals surface area contributed by atoms with Gasteiger partial charge in [0.05, 0.1) is 18.6 Å². The Kier molecular flexibility index (Phi) is 4.22. The van der Waals surface area contributed by atoms with Crippen LogP contribution in [-0.2, 0) is 13.1 Å². The molecule has 6 nitrogen and oxygen atoms in total. The summed E-state index contributed by atoms with van der Waals surface area (Å²) in [6.45, 7) is 6.93. The molecule has 2 aromatic rings. The van der Waals surface area contributed by atoms with E-state index in [2.05, 4.69) is 4.98 Å². The number of aryl methyl sites for hydroxylation is 1. The molecule has 2 heterocycles. The molecule has 0 amide bonds. The van der Waals surface area contributed by atoms with Crippen LogP contribution in [0.25, 0.3) is 0 Å². The molecular weight excluding hydrogens is 256 g/mol. The van der Waals surface area contributed by atoms with Gasteiger partial charge in [-0.1, -0.05) is 6.92 Å². The van der Waals surface area contributed by atoms with Crippen molar-refractivity contribution in [1.82, 2.24) is 18.7 Å². The Balaban J connectivity index is 2.43. The molecule has 2 aromatic heterocycles. The molecule has 0 aromatic carbocycles. The second kappa shape index (κ2) is 5.90. The second-order valence-electron chi connectivity index (χ2n) is 5.10. The Morgan fingerprint density at radius 3 is 2.70 bits per heavy atom. The minimum absolute atomic E-state index is 0.241. The SMILES string of the molecule is CCCn1ccc(=O)n(Cc2cncn2C(C)C)c1=O. The quantitative estimate of drug-likeness (QED) is 0.825. The van der Waals surface area contributed by atoms with E-state index in [-0.39, 0.29) is 23.8 Å². The zero-order chi connectivity index (χ0) is 14.7. The smallest absolute Gasteiger partial charge is 0.330 e. The Bertz CT molecular complexity index is 694. The molecule has 0 saturated heterocycles. The van der Waals surface area contributed by atoms with E-state index in [1.165, 1.54) is 10.6 Å². The molecule has 0 bridgehead atoms. The fourth-order valence-electron chi connectivity index (χ4n) is 2.19. The summed E-state index contributed by atoms with van der Waals surface area (Å²) in [6.07, 6.45) is 5.83. The number of rotatable bonds is 5. The number of hydrogen-bond donors (Lipinski definition) is 0. The Hall–Kier alpha value is -2.11. The molecule has 0 fully saturated rings. The Morgan fingerprint density at radius 2 is 2.05 bits per heavy atom. The van der Waals surface area contributed by atoms with Crippen molar-refractivity contribution in [2.75, 3.05) is 0 Å². The Labute approximate surface area is 117 Å². The van der Waals surface area contributed by atoms with Crippen molar-refractivity contribution >= 4 is 0 Å². The standard InChI is InChI=1S/C14H20N4O2/c1-4-6-16-7-5-13(19)17(14(16)20)9-12-8-15-10-18(12)11(2)3/h5,7-8,10-11H,4,6,9H2,1-3H3. The highest BCUT2D eigenvalue weighted by Gasteiger charge is 2.10. The van der Waals surface area contributed by atoms with Crippen molar-refractivity contribution in [2.24, 2.45) is 0 Å². The predicted octanol–water partition coefficient (Wildman–Crippen LogP) is 1.25. The van der Waals surface area contributed by atoms with Crippen LogP contribution in [0.1, 0.15) is 38.9 Å². The van der Waals surface area contributed by atoms with Gasteiger partial charge in [-0.2, -0.15) is 0 Å².